The molecule has 1 aliphatic rings. The summed E-state index contributed by atoms with van der Waals surface area (Å²) in [6.45, 7) is 5.52. The summed E-state index contributed by atoms with van der Waals surface area (Å²) in [6.07, 6.45) is 1.33. The Bertz CT molecular complexity index is 729. The molecular formula is C19H23N3O3. The first-order valence-electron chi connectivity index (χ1n) is 8.50. The Hall–Kier alpha value is -2.44. The molecule has 1 unspecified atom stereocenters. The normalized spacial score (nSPS) is 16.4. The van der Waals surface area contributed by atoms with Crippen molar-refractivity contribution in [3.63, 3.8) is 0 Å². The van der Waals surface area contributed by atoms with Gasteiger partial charge in [0.2, 0.25) is 0 Å². The summed E-state index contributed by atoms with van der Waals surface area (Å²) in [7, 11) is 0. The van der Waals surface area contributed by atoms with Gasteiger partial charge in [0.1, 0.15) is 0 Å². The van der Waals surface area contributed by atoms with Crippen LogP contribution in [0.2, 0.25) is 0 Å². The van der Waals surface area contributed by atoms with Gasteiger partial charge in [0.15, 0.2) is 6.20 Å². The number of carbonyl (C=O) groups excluding carboxylic acids is 1. The summed E-state index contributed by atoms with van der Waals surface area (Å²) in [5, 5.41) is 14.7. The fourth-order valence-corrected chi connectivity index (χ4v) is 3.11. The number of aryl methyl sites for hydroxylation is 1. The molecule has 2 aromatic rings. The van der Waals surface area contributed by atoms with Gasteiger partial charge >= 0.3 is 5.91 Å². The van der Waals surface area contributed by atoms with Crippen LogP contribution in [-0.4, -0.2) is 43.7 Å². The van der Waals surface area contributed by atoms with Crippen LogP contribution in [0, 0.1) is 12.1 Å². The summed E-state index contributed by atoms with van der Waals surface area (Å²) in [4.78, 5) is 14.7. The molecule has 3 rings (SSSR count). The number of hydrogen-bond acceptors (Lipinski definition) is 4. The fourth-order valence-electron chi connectivity index (χ4n) is 3.11. The molecule has 6 nitrogen and oxygen atoms in total. The lowest BCUT2D eigenvalue weighted by molar-refractivity contribution is -0.607. The van der Waals surface area contributed by atoms with Crippen LogP contribution in [0.1, 0.15) is 27.7 Å². The molecule has 1 amide bonds. The van der Waals surface area contributed by atoms with Crippen molar-refractivity contribution in [1.82, 2.24) is 10.2 Å². The molecule has 1 N–H and O–H groups in total. The second-order valence-corrected chi connectivity index (χ2v) is 6.20. The van der Waals surface area contributed by atoms with E-state index in [4.69, 9.17) is 4.74 Å². The predicted octanol–water partition coefficient (Wildman–Crippen LogP) is 1.43. The molecular weight excluding hydrogens is 318 g/mol. The van der Waals surface area contributed by atoms with E-state index in [1.165, 1.54) is 17.8 Å². The molecule has 2 heterocycles. The van der Waals surface area contributed by atoms with Gasteiger partial charge in [0, 0.05) is 31.8 Å². The minimum Gasteiger partial charge on any atom is -0.618 e. The quantitative estimate of drug-likeness (QED) is 0.660. The van der Waals surface area contributed by atoms with Gasteiger partial charge in [-0.25, -0.2) is 0 Å². The number of aromatic nitrogens is 1. The summed E-state index contributed by atoms with van der Waals surface area (Å²) in [5.41, 5.74) is 2.44. The van der Waals surface area contributed by atoms with Gasteiger partial charge in [-0.3, -0.25) is 9.69 Å². The van der Waals surface area contributed by atoms with Crippen LogP contribution in [0.4, 0.5) is 0 Å². The van der Waals surface area contributed by atoms with E-state index in [2.05, 4.69) is 35.3 Å². The summed E-state index contributed by atoms with van der Waals surface area (Å²) < 4.78 is 6.04. The van der Waals surface area contributed by atoms with E-state index in [9.17, 15) is 10.0 Å². The zero-order valence-corrected chi connectivity index (χ0v) is 14.4. The molecule has 0 bridgehead atoms. The highest BCUT2D eigenvalue weighted by Crippen LogP contribution is 2.22. The molecule has 1 aromatic carbocycles. The van der Waals surface area contributed by atoms with Gasteiger partial charge in [-0.1, -0.05) is 29.8 Å². The van der Waals surface area contributed by atoms with Gasteiger partial charge in [0.25, 0.3) is 5.69 Å². The highest BCUT2D eigenvalue weighted by molar-refractivity contribution is 5.90. The minimum absolute atomic E-state index is 0.0524. The Labute approximate surface area is 147 Å². The average Bonchev–Trinajstić information content (AvgIpc) is 2.63. The lowest BCUT2D eigenvalue weighted by Gasteiger charge is -2.35. The predicted molar refractivity (Wildman–Crippen MR) is 94.0 cm³/mol. The molecule has 0 aliphatic carbocycles. The second kappa shape index (κ2) is 8.09. The van der Waals surface area contributed by atoms with Crippen molar-refractivity contribution in [2.24, 2.45) is 0 Å². The third kappa shape index (κ3) is 4.35. The molecule has 6 heteroatoms. The smallest absolute Gasteiger partial charge is 0.317 e. The van der Waals surface area contributed by atoms with Crippen molar-refractivity contribution >= 4 is 5.91 Å². The first-order chi connectivity index (χ1) is 12.1. The van der Waals surface area contributed by atoms with E-state index >= 15 is 0 Å². The van der Waals surface area contributed by atoms with Crippen molar-refractivity contribution in [1.29, 1.82) is 0 Å². The number of carbonyl (C=O) groups is 1. The summed E-state index contributed by atoms with van der Waals surface area (Å²) >= 11 is 0. The third-order valence-electron chi connectivity index (χ3n) is 4.43. The first kappa shape index (κ1) is 17.4. The van der Waals surface area contributed by atoms with Gasteiger partial charge in [-0.2, -0.15) is 4.73 Å². The molecule has 1 fully saturated rings. The lowest BCUT2D eigenvalue weighted by atomic mass is 10.0. The summed E-state index contributed by atoms with van der Waals surface area (Å²) in [6, 6.07) is 13.2. The molecule has 1 aliphatic heterocycles. The SMILES string of the molecule is Cc1cccc(C(CNC(=O)c2cccc[n+]2[O-])N2CCOCC2)c1. The van der Waals surface area contributed by atoms with E-state index in [0.717, 1.165) is 18.7 Å². The minimum atomic E-state index is -0.360. The Kier molecular flexibility index (Phi) is 5.63. The number of nitrogens with zero attached hydrogens (tertiary/aromatic N) is 2. The largest absolute Gasteiger partial charge is 0.618 e. The van der Waals surface area contributed by atoms with E-state index < -0.39 is 0 Å². The van der Waals surface area contributed by atoms with Crippen LogP contribution < -0.4 is 10.0 Å². The topological polar surface area (TPSA) is 68.5 Å². The second-order valence-electron chi connectivity index (χ2n) is 6.20. The van der Waals surface area contributed by atoms with Crippen molar-refractivity contribution in [2.45, 2.75) is 13.0 Å². The highest BCUT2D eigenvalue weighted by Gasteiger charge is 2.24. The summed E-state index contributed by atoms with van der Waals surface area (Å²) in [5.74, 6) is -0.360. The Morgan fingerprint density at radius 1 is 1.28 bits per heavy atom. The maximum Gasteiger partial charge on any atom is 0.317 e. The maximum absolute atomic E-state index is 12.4. The van der Waals surface area contributed by atoms with Gasteiger partial charge < -0.3 is 15.3 Å². The number of morpholine rings is 1. The molecule has 25 heavy (non-hydrogen) atoms. The zero-order chi connectivity index (χ0) is 17.6. The number of hydrogen-bond donors (Lipinski definition) is 1. The number of pyridine rings is 1. The molecule has 1 atom stereocenters. The van der Waals surface area contributed by atoms with Crippen LogP contribution in [-0.2, 0) is 4.74 Å². The van der Waals surface area contributed by atoms with Crippen LogP contribution in [0.25, 0.3) is 0 Å². The van der Waals surface area contributed by atoms with Gasteiger partial charge in [-0.05, 0) is 18.6 Å². The molecule has 1 saturated heterocycles. The number of benzene rings is 1. The van der Waals surface area contributed by atoms with Gasteiger partial charge in [-0.15, -0.1) is 0 Å². The Morgan fingerprint density at radius 3 is 2.80 bits per heavy atom. The van der Waals surface area contributed by atoms with Crippen LogP contribution >= 0.6 is 0 Å². The van der Waals surface area contributed by atoms with Crippen molar-refractivity contribution in [3.05, 3.63) is 70.7 Å². The Morgan fingerprint density at radius 2 is 2.08 bits per heavy atom. The highest BCUT2D eigenvalue weighted by atomic mass is 16.5. The van der Waals surface area contributed by atoms with Crippen molar-refractivity contribution in [3.8, 4) is 0 Å². The van der Waals surface area contributed by atoms with Crippen LogP contribution in [0.15, 0.2) is 48.7 Å². The number of amides is 1. The number of nitrogens with one attached hydrogen (secondary N) is 1. The monoisotopic (exact) mass is 341 g/mol. The van der Waals surface area contributed by atoms with E-state index in [0.29, 0.717) is 24.5 Å². The van der Waals surface area contributed by atoms with E-state index in [1.54, 1.807) is 12.1 Å². The third-order valence-corrected chi connectivity index (χ3v) is 4.43. The molecule has 0 spiro atoms. The molecule has 132 valence electrons. The molecule has 1 aromatic heterocycles. The van der Waals surface area contributed by atoms with Crippen LogP contribution in [0.3, 0.4) is 0 Å². The average molecular weight is 341 g/mol. The molecule has 0 saturated carbocycles. The zero-order valence-electron chi connectivity index (χ0n) is 14.4. The fraction of sp³-hybridized carbons (Fsp3) is 0.368. The first-order valence-corrected chi connectivity index (χ1v) is 8.50. The standard InChI is InChI=1S/C19H23N3O3/c1-15-5-4-6-16(13-15)18(21-9-11-25-12-10-21)14-20-19(23)17-7-2-3-8-22(17)24/h2-8,13,18H,9-12,14H2,1H3,(H,20,23). The van der Waals surface area contributed by atoms with Crippen LogP contribution in [0.5, 0.6) is 0 Å². The van der Waals surface area contributed by atoms with Crippen molar-refractivity contribution in [2.75, 3.05) is 32.8 Å². The number of ether oxygens (including phenoxy) is 1. The van der Waals surface area contributed by atoms with Gasteiger partial charge in [0.05, 0.1) is 19.3 Å². The molecule has 0 radical (unpaired) electrons. The van der Waals surface area contributed by atoms with E-state index in [-0.39, 0.29) is 17.6 Å². The maximum atomic E-state index is 12.4. The Balaban J connectivity index is 1.75. The van der Waals surface area contributed by atoms with E-state index in [1.807, 2.05) is 6.07 Å². The number of rotatable bonds is 5. The van der Waals surface area contributed by atoms with Crippen molar-refractivity contribution < 1.29 is 14.3 Å². The lowest BCUT2D eigenvalue weighted by Crippen LogP contribution is -2.45.